The van der Waals surface area contributed by atoms with Crippen LogP contribution in [0.1, 0.15) is 75.8 Å². The molecule has 1 rings (SSSR count). The van der Waals surface area contributed by atoms with Crippen molar-refractivity contribution >= 4 is 0 Å². The Morgan fingerprint density at radius 3 is 1.91 bits per heavy atom. The molecule has 1 aromatic rings. The maximum Gasteiger partial charge on any atom is 0.122 e. The Morgan fingerprint density at radius 2 is 1.27 bits per heavy atom. The fourth-order valence-corrected chi connectivity index (χ4v) is 2.80. The fourth-order valence-electron chi connectivity index (χ4n) is 2.80. The monoisotopic (exact) mass is 308 g/mol. The third kappa shape index (κ3) is 7.17. The zero-order valence-electron chi connectivity index (χ0n) is 14.0. The van der Waals surface area contributed by atoms with Gasteiger partial charge in [-0.25, -0.2) is 0 Å². The molecule has 0 unspecified atom stereocenters. The Bertz CT molecular complexity index is 392. The van der Waals surface area contributed by atoms with E-state index >= 15 is 0 Å². The smallest absolute Gasteiger partial charge is 0.122 e. The van der Waals surface area contributed by atoms with E-state index in [0.717, 1.165) is 63.4 Å². The first-order valence-corrected chi connectivity index (χ1v) is 8.83. The van der Waals surface area contributed by atoms with Crippen molar-refractivity contribution in [3.05, 3.63) is 23.3 Å². The minimum Gasteiger partial charge on any atom is -0.508 e. The average molecular weight is 308 g/mol. The third-order valence-electron chi connectivity index (χ3n) is 4.17. The molecule has 3 nitrogen and oxygen atoms in total. The van der Waals surface area contributed by atoms with Crippen molar-refractivity contribution in [1.29, 1.82) is 0 Å². The minimum atomic E-state index is 0.242. The third-order valence-corrected chi connectivity index (χ3v) is 4.17. The molecule has 0 heterocycles. The van der Waals surface area contributed by atoms with Crippen LogP contribution >= 0.6 is 0 Å². The molecule has 0 fully saturated rings. The second-order valence-corrected chi connectivity index (χ2v) is 6.16. The van der Waals surface area contributed by atoms with Gasteiger partial charge in [-0.2, -0.15) is 0 Å². The van der Waals surface area contributed by atoms with Crippen molar-refractivity contribution in [1.82, 2.24) is 0 Å². The molecule has 1 aromatic carbocycles. The molecular weight excluding hydrogens is 276 g/mol. The van der Waals surface area contributed by atoms with Crippen LogP contribution in [-0.4, -0.2) is 21.9 Å². The highest BCUT2D eigenvalue weighted by Gasteiger charge is 2.09. The summed E-state index contributed by atoms with van der Waals surface area (Å²) in [6, 6.07) is 3.62. The molecule has 0 aliphatic heterocycles. The van der Waals surface area contributed by atoms with Gasteiger partial charge in [0.2, 0.25) is 0 Å². The molecular formula is C19H32O3. The molecule has 0 amide bonds. The lowest BCUT2D eigenvalue weighted by Crippen LogP contribution is -1.92. The molecule has 0 aliphatic carbocycles. The predicted molar refractivity (Wildman–Crippen MR) is 91.5 cm³/mol. The number of aromatic hydroxyl groups is 2. The van der Waals surface area contributed by atoms with Crippen LogP contribution in [0.2, 0.25) is 0 Å². The maximum atomic E-state index is 10.1. The van der Waals surface area contributed by atoms with E-state index < -0.39 is 0 Å². The maximum absolute atomic E-state index is 10.1. The van der Waals surface area contributed by atoms with Gasteiger partial charge in [0, 0.05) is 12.2 Å². The van der Waals surface area contributed by atoms with E-state index in [2.05, 4.69) is 6.92 Å². The van der Waals surface area contributed by atoms with Gasteiger partial charge in [0.25, 0.3) is 0 Å². The average Bonchev–Trinajstić information content (AvgIpc) is 2.49. The van der Waals surface area contributed by atoms with Gasteiger partial charge < -0.3 is 15.3 Å². The largest absolute Gasteiger partial charge is 0.508 e. The van der Waals surface area contributed by atoms with Crippen molar-refractivity contribution in [2.45, 2.75) is 77.6 Å². The first-order chi connectivity index (χ1) is 10.7. The van der Waals surface area contributed by atoms with E-state index in [9.17, 15) is 10.2 Å². The van der Waals surface area contributed by atoms with E-state index in [1.165, 1.54) is 12.8 Å². The number of rotatable bonds is 12. The zero-order valence-corrected chi connectivity index (χ0v) is 14.0. The molecule has 0 bridgehead atoms. The van der Waals surface area contributed by atoms with Crippen LogP contribution in [0, 0.1) is 0 Å². The van der Waals surface area contributed by atoms with Crippen LogP contribution in [0.5, 0.6) is 11.5 Å². The van der Waals surface area contributed by atoms with Crippen LogP contribution < -0.4 is 0 Å². The lowest BCUT2D eigenvalue weighted by atomic mass is 9.99. The molecule has 3 heteroatoms. The Labute approximate surface area is 135 Å². The Kier molecular flexibility index (Phi) is 9.72. The van der Waals surface area contributed by atoms with Gasteiger partial charge in [0.1, 0.15) is 11.5 Å². The number of hydrogen-bond acceptors (Lipinski definition) is 3. The lowest BCUT2D eigenvalue weighted by molar-refractivity contribution is 0.282. The van der Waals surface area contributed by atoms with E-state index in [0.29, 0.717) is 5.56 Å². The second-order valence-electron chi connectivity index (χ2n) is 6.16. The van der Waals surface area contributed by atoms with Crippen LogP contribution in [0.25, 0.3) is 0 Å². The van der Waals surface area contributed by atoms with Gasteiger partial charge in [-0.15, -0.1) is 0 Å². The topological polar surface area (TPSA) is 60.7 Å². The SMILES string of the molecule is CCCCCCc1c(O)cc(CCCCCCCO)cc1O. The summed E-state index contributed by atoms with van der Waals surface area (Å²) in [7, 11) is 0. The highest BCUT2D eigenvalue weighted by atomic mass is 16.3. The number of benzene rings is 1. The second kappa shape index (κ2) is 11.4. The molecule has 0 spiro atoms. The number of hydrogen-bond donors (Lipinski definition) is 3. The first-order valence-electron chi connectivity index (χ1n) is 8.83. The zero-order chi connectivity index (χ0) is 16.2. The van der Waals surface area contributed by atoms with Gasteiger partial charge in [-0.3, -0.25) is 0 Å². The molecule has 0 saturated heterocycles. The van der Waals surface area contributed by atoms with Crippen molar-refractivity contribution in [3.63, 3.8) is 0 Å². The van der Waals surface area contributed by atoms with E-state index in [4.69, 9.17) is 5.11 Å². The summed E-state index contributed by atoms with van der Waals surface area (Å²) in [4.78, 5) is 0. The van der Waals surface area contributed by atoms with Crippen molar-refractivity contribution in [2.75, 3.05) is 6.61 Å². The van der Waals surface area contributed by atoms with Crippen LogP contribution in [-0.2, 0) is 12.8 Å². The quantitative estimate of drug-likeness (QED) is 0.490. The normalized spacial score (nSPS) is 11.0. The Hall–Kier alpha value is -1.22. The van der Waals surface area contributed by atoms with E-state index in [1.54, 1.807) is 0 Å². The number of phenols is 2. The van der Waals surface area contributed by atoms with Crippen molar-refractivity contribution in [3.8, 4) is 11.5 Å². The number of aliphatic hydroxyl groups excluding tert-OH is 1. The Morgan fingerprint density at radius 1 is 0.727 bits per heavy atom. The van der Waals surface area contributed by atoms with Crippen molar-refractivity contribution in [2.24, 2.45) is 0 Å². The molecule has 22 heavy (non-hydrogen) atoms. The highest BCUT2D eigenvalue weighted by molar-refractivity contribution is 5.46. The summed E-state index contributed by atoms with van der Waals surface area (Å²) >= 11 is 0. The molecule has 0 radical (unpaired) electrons. The van der Waals surface area contributed by atoms with Gasteiger partial charge in [-0.1, -0.05) is 45.4 Å². The van der Waals surface area contributed by atoms with Crippen LogP contribution in [0.15, 0.2) is 12.1 Å². The number of phenolic OH excluding ortho intramolecular Hbond substituents is 2. The molecule has 0 saturated carbocycles. The summed E-state index contributed by atoms with van der Waals surface area (Å²) in [6.07, 6.45) is 11.5. The molecule has 126 valence electrons. The highest BCUT2D eigenvalue weighted by Crippen LogP contribution is 2.31. The lowest BCUT2D eigenvalue weighted by Gasteiger charge is -2.10. The minimum absolute atomic E-state index is 0.242. The fraction of sp³-hybridized carbons (Fsp3) is 0.684. The predicted octanol–water partition coefficient (Wildman–Crippen LogP) is 4.71. The summed E-state index contributed by atoms with van der Waals surface area (Å²) in [6.45, 7) is 2.45. The van der Waals surface area contributed by atoms with Crippen molar-refractivity contribution < 1.29 is 15.3 Å². The molecule has 0 aliphatic rings. The van der Waals surface area contributed by atoms with E-state index in [-0.39, 0.29) is 18.1 Å². The van der Waals surface area contributed by atoms with Gasteiger partial charge in [0.15, 0.2) is 0 Å². The van der Waals surface area contributed by atoms with Gasteiger partial charge in [-0.05, 0) is 49.8 Å². The van der Waals surface area contributed by atoms with Gasteiger partial charge >= 0.3 is 0 Å². The summed E-state index contributed by atoms with van der Waals surface area (Å²) < 4.78 is 0. The summed E-state index contributed by atoms with van der Waals surface area (Å²) in [5.74, 6) is 0.485. The number of unbranched alkanes of at least 4 members (excludes halogenated alkanes) is 7. The Balaban J connectivity index is 2.40. The molecule has 0 aromatic heterocycles. The first kappa shape index (κ1) is 18.8. The number of aryl methyl sites for hydroxylation is 1. The number of aliphatic hydroxyl groups is 1. The van der Waals surface area contributed by atoms with Gasteiger partial charge in [0.05, 0.1) is 0 Å². The van der Waals surface area contributed by atoms with E-state index in [1.807, 2.05) is 12.1 Å². The standard InChI is InChI=1S/C19H32O3/c1-2-3-4-9-12-17-18(21)14-16(15-19(17)22)11-8-6-5-7-10-13-20/h14-15,20-22H,2-13H2,1H3. The van der Waals surface area contributed by atoms with Crippen LogP contribution in [0.4, 0.5) is 0 Å². The summed E-state index contributed by atoms with van der Waals surface area (Å²) in [5.41, 5.74) is 1.71. The molecule has 3 N–H and O–H groups in total. The van der Waals surface area contributed by atoms with Crippen LogP contribution in [0.3, 0.4) is 0 Å². The summed E-state index contributed by atoms with van der Waals surface area (Å²) in [5, 5.41) is 29.0. The molecule has 0 atom stereocenters.